The Morgan fingerprint density at radius 2 is 1.79 bits per heavy atom. The predicted octanol–water partition coefficient (Wildman–Crippen LogP) is 2.56. The van der Waals surface area contributed by atoms with Gasteiger partial charge in [-0.2, -0.15) is 0 Å². The van der Waals surface area contributed by atoms with Crippen molar-refractivity contribution in [1.82, 2.24) is 0 Å². The van der Waals surface area contributed by atoms with Gasteiger partial charge in [-0.3, -0.25) is 9.10 Å². The van der Waals surface area contributed by atoms with Crippen molar-refractivity contribution in [3.8, 4) is 11.5 Å². The Balaban J connectivity index is 1.59. The van der Waals surface area contributed by atoms with Crippen LogP contribution in [0.2, 0.25) is 0 Å². The van der Waals surface area contributed by atoms with Crippen LogP contribution in [-0.2, 0) is 14.8 Å². The van der Waals surface area contributed by atoms with Crippen LogP contribution in [-0.4, -0.2) is 39.8 Å². The van der Waals surface area contributed by atoms with Crippen LogP contribution in [0.5, 0.6) is 11.5 Å². The van der Waals surface area contributed by atoms with E-state index >= 15 is 0 Å². The predicted molar refractivity (Wildman–Crippen MR) is 106 cm³/mol. The molecule has 1 saturated heterocycles. The number of nitrogens with one attached hydrogen (secondary N) is 1. The van der Waals surface area contributed by atoms with Gasteiger partial charge in [0.2, 0.25) is 15.9 Å². The van der Waals surface area contributed by atoms with Crippen molar-refractivity contribution in [2.75, 3.05) is 30.4 Å². The molecule has 2 aliphatic rings. The maximum atomic E-state index is 13.2. The van der Waals surface area contributed by atoms with Gasteiger partial charge in [-0.1, -0.05) is 17.7 Å². The van der Waals surface area contributed by atoms with Gasteiger partial charge in [-0.15, -0.1) is 0 Å². The highest BCUT2D eigenvalue weighted by Crippen LogP contribution is 2.58. The van der Waals surface area contributed by atoms with Gasteiger partial charge in [0.05, 0.1) is 19.9 Å². The van der Waals surface area contributed by atoms with Gasteiger partial charge < -0.3 is 14.8 Å². The molecule has 148 valence electrons. The fourth-order valence-corrected chi connectivity index (χ4v) is 6.19. The van der Waals surface area contributed by atoms with Crippen LogP contribution in [0.25, 0.3) is 0 Å². The van der Waals surface area contributed by atoms with E-state index in [2.05, 4.69) is 5.32 Å². The molecule has 1 aliphatic carbocycles. The number of carbonyl (C=O) groups excluding carboxylic acids is 1. The average molecular weight is 402 g/mol. The van der Waals surface area contributed by atoms with Crippen LogP contribution >= 0.6 is 0 Å². The van der Waals surface area contributed by atoms with E-state index in [4.69, 9.17) is 9.47 Å². The number of benzene rings is 2. The Morgan fingerprint density at radius 1 is 1.11 bits per heavy atom. The number of nitrogens with zero attached hydrogens (tertiary/aromatic N) is 1. The molecule has 7 nitrogen and oxygen atoms in total. The number of aryl methyl sites for hydroxylation is 1. The Kier molecular flexibility index (Phi) is 4.26. The summed E-state index contributed by atoms with van der Waals surface area (Å²) in [6.07, 6.45) is 0.344. The van der Waals surface area contributed by atoms with Gasteiger partial charge in [-0.25, -0.2) is 8.42 Å². The van der Waals surface area contributed by atoms with E-state index in [9.17, 15) is 13.2 Å². The van der Waals surface area contributed by atoms with Gasteiger partial charge >= 0.3 is 0 Å². The molecule has 0 unspecified atom stereocenters. The average Bonchev–Trinajstić information content (AvgIpc) is 3.38. The summed E-state index contributed by atoms with van der Waals surface area (Å²) in [5.74, 6) is 0.279. The highest BCUT2D eigenvalue weighted by atomic mass is 32.2. The fourth-order valence-electron chi connectivity index (χ4n) is 3.83. The van der Waals surface area contributed by atoms with Gasteiger partial charge in [0.25, 0.3) is 0 Å². The minimum atomic E-state index is -3.80. The van der Waals surface area contributed by atoms with E-state index in [1.807, 2.05) is 19.1 Å². The van der Waals surface area contributed by atoms with E-state index in [0.29, 0.717) is 35.8 Å². The molecule has 0 bridgehead atoms. The zero-order valence-corrected chi connectivity index (χ0v) is 16.7. The first kappa shape index (κ1) is 18.6. The normalized spacial score (nSPS) is 24.4. The lowest BCUT2D eigenvalue weighted by molar-refractivity contribution is -0.116. The molecule has 2 atom stereocenters. The molecule has 2 aromatic rings. The molecule has 0 spiro atoms. The van der Waals surface area contributed by atoms with Crippen LogP contribution in [0.1, 0.15) is 12.0 Å². The number of hydrogen-bond acceptors (Lipinski definition) is 5. The number of ether oxygens (including phenoxy) is 2. The van der Waals surface area contributed by atoms with Gasteiger partial charge in [0, 0.05) is 24.2 Å². The lowest BCUT2D eigenvalue weighted by Crippen LogP contribution is -2.42. The molecule has 28 heavy (non-hydrogen) atoms. The van der Waals surface area contributed by atoms with Crippen LogP contribution in [0.3, 0.4) is 0 Å². The van der Waals surface area contributed by atoms with E-state index in [1.54, 1.807) is 30.3 Å². The number of fused-ring (bicyclic) bond motifs is 1. The van der Waals surface area contributed by atoms with Crippen molar-refractivity contribution in [2.45, 2.75) is 18.1 Å². The first-order chi connectivity index (χ1) is 13.3. The van der Waals surface area contributed by atoms with Crippen LogP contribution in [0, 0.1) is 12.8 Å². The number of hydrogen-bond donors (Lipinski definition) is 1. The van der Waals surface area contributed by atoms with Crippen molar-refractivity contribution < 1.29 is 22.7 Å². The topological polar surface area (TPSA) is 84.9 Å². The second-order valence-corrected chi connectivity index (χ2v) is 9.31. The third-order valence-electron chi connectivity index (χ3n) is 5.53. The molecule has 4 rings (SSSR count). The monoisotopic (exact) mass is 402 g/mol. The Morgan fingerprint density at radius 3 is 2.43 bits per heavy atom. The summed E-state index contributed by atoms with van der Waals surface area (Å²) in [5.41, 5.74) is 2.11. The molecular formula is C20H22N2O5S. The number of anilines is 2. The zero-order chi connectivity index (χ0) is 20.1. The summed E-state index contributed by atoms with van der Waals surface area (Å²) in [6.45, 7) is 2.27. The Hall–Kier alpha value is -2.74. The first-order valence-corrected chi connectivity index (χ1v) is 10.4. The summed E-state index contributed by atoms with van der Waals surface area (Å²) in [6, 6.07) is 12.2. The summed E-state index contributed by atoms with van der Waals surface area (Å²) < 4.78 is 36.8. The van der Waals surface area contributed by atoms with E-state index < -0.39 is 20.7 Å². The third-order valence-corrected chi connectivity index (χ3v) is 8.08. The molecule has 1 heterocycles. The minimum Gasteiger partial charge on any atom is -0.493 e. The minimum absolute atomic E-state index is 0.209. The van der Waals surface area contributed by atoms with E-state index in [1.165, 1.54) is 18.5 Å². The van der Waals surface area contributed by atoms with Crippen LogP contribution < -0.4 is 19.1 Å². The standard InChI is InChI=1S/C20H22N2O5S/c1-13-4-7-16(8-5-13)22-12-14-11-20(14,28(22,24)25)19(23)21-15-6-9-17(26-2)18(10-15)27-3/h4-10,14H,11-12H2,1-3H3,(H,21,23)/t14-,20+/m1/s1. The smallest absolute Gasteiger partial charge is 0.250 e. The second-order valence-electron chi connectivity index (χ2n) is 7.19. The van der Waals surface area contributed by atoms with Crippen molar-refractivity contribution in [3.63, 3.8) is 0 Å². The third kappa shape index (κ3) is 2.63. The molecule has 1 aliphatic heterocycles. The molecule has 0 radical (unpaired) electrons. The van der Waals surface area contributed by atoms with Crippen molar-refractivity contribution in [2.24, 2.45) is 5.92 Å². The van der Waals surface area contributed by atoms with Crippen molar-refractivity contribution in [3.05, 3.63) is 48.0 Å². The maximum Gasteiger partial charge on any atom is 0.250 e. The maximum absolute atomic E-state index is 13.2. The highest BCUT2D eigenvalue weighted by Gasteiger charge is 2.75. The first-order valence-electron chi connectivity index (χ1n) is 8.96. The molecule has 1 N–H and O–H groups in total. The summed E-state index contributed by atoms with van der Waals surface area (Å²) in [5, 5.41) is 2.75. The molecule has 0 aromatic heterocycles. The van der Waals surface area contributed by atoms with Gasteiger partial charge in [0.1, 0.15) is 0 Å². The Bertz CT molecular complexity index is 1040. The number of rotatable bonds is 5. The second kappa shape index (κ2) is 6.41. The number of methoxy groups -OCH3 is 2. The largest absolute Gasteiger partial charge is 0.493 e. The SMILES string of the molecule is COc1ccc(NC(=O)[C@]23C[C@@H]2CN(c2ccc(C)cc2)S3(=O)=O)cc1OC. The Labute approximate surface area is 164 Å². The molecule has 1 saturated carbocycles. The van der Waals surface area contributed by atoms with Gasteiger partial charge in [-0.05, 0) is 37.6 Å². The van der Waals surface area contributed by atoms with Crippen molar-refractivity contribution in [1.29, 1.82) is 0 Å². The molecule has 2 fully saturated rings. The molecule has 2 aromatic carbocycles. The summed E-state index contributed by atoms with van der Waals surface area (Å²) in [7, 11) is -0.779. The van der Waals surface area contributed by atoms with E-state index in [-0.39, 0.29) is 5.92 Å². The molecular weight excluding hydrogens is 380 g/mol. The summed E-state index contributed by atoms with van der Waals surface area (Å²) in [4.78, 5) is 13.0. The summed E-state index contributed by atoms with van der Waals surface area (Å²) >= 11 is 0. The number of amides is 1. The highest BCUT2D eigenvalue weighted by molar-refractivity contribution is 7.95. The van der Waals surface area contributed by atoms with Crippen LogP contribution in [0.15, 0.2) is 42.5 Å². The molecule has 1 amide bonds. The van der Waals surface area contributed by atoms with Crippen LogP contribution in [0.4, 0.5) is 11.4 Å². The van der Waals surface area contributed by atoms with Gasteiger partial charge in [0.15, 0.2) is 16.2 Å². The zero-order valence-electron chi connectivity index (χ0n) is 15.9. The molecule has 8 heteroatoms. The van der Waals surface area contributed by atoms with Crippen molar-refractivity contribution >= 4 is 27.3 Å². The number of sulfonamides is 1. The lowest BCUT2D eigenvalue weighted by atomic mass is 10.2. The lowest BCUT2D eigenvalue weighted by Gasteiger charge is -2.23. The fraction of sp³-hybridized carbons (Fsp3) is 0.350. The number of carbonyl (C=O) groups is 1. The quantitative estimate of drug-likeness (QED) is 0.831. The van der Waals surface area contributed by atoms with E-state index in [0.717, 1.165) is 5.56 Å².